The van der Waals surface area contributed by atoms with Gasteiger partial charge in [0.1, 0.15) is 0 Å². The molecule has 13 heavy (non-hydrogen) atoms. The Bertz CT molecular complexity index is 261. The fourth-order valence-corrected chi connectivity index (χ4v) is 2.90. The first kappa shape index (κ1) is 9.20. The van der Waals surface area contributed by atoms with Gasteiger partial charge in [-0.05, 0) is 19.3 Å². The average molecular weight is 195 g/mol. The number of rotatable bonds is 2. The van der Waals surface area contributed by atoms with Crippen molar-refractivity contribution >= 4 is 11.3 Å². The quantitative estimate of drug-likeness (QED) is 0.700. The van der Waals surface area contributed by atoms with Crippen LogP contribution in [0.4, 0.5) is 0 Å². The summed E-state index contributed by atoms with van der Waals surface area (Å²) in [5, 5.41) is 3.58. The van der Waals surface area contributed by atoms with Crippen LogP contribution in [0.25, 0.3) is 0 Å². The summed E-state index contributed by atoms with van der Waals surface area (Å²) in [6.07, 6.45) is 8.08. The maximum Gasteiger partial charge on any atom is 0.0925 e. The van der Waals surface area contributed by atoms with Crippen molar-refractivity contribution in [2.45, 2.75) is 51.4 Å². The van der Waals surface area contributed by atoms with Crippen molar-refractivity contribution < 1.29 is 0 Å². The molecule has 1 saturated carbocycles. The normalized spacial score (nSPS) is 19.2. The summed E-state index contributed by atoms with van der Waals surface area (Å²) in [6, 6.07) is 0. The molecule has 0 radical (unpaired) electrons. The Morgan fingerprint density at radius 2 is 2.15 bits per heavy atom. The number of nitrogens with zero attached hydrogens (tertiary/aromatic N) is 1. The van der Waals surface area contributed by atoms with Crippen LogP contribution in [-0.2, 0) is 6.42 Å². The molecule has 0 saturated heterocycles. The van der Waals surface area contributed by atoms with Gasteiger partial charge in [-0.3, -0.25) is 0 Å². The number of thiazole rings is 1. The molecule has 1 nitrogen and oxygen atoms in total. The third-order valence-corrected chi connectivity index (χ3v) is 3.91. The summed E-state index contributed by atoms with van der Waals surface area (Å²) < 4.78 is 0. The number of hydrogen-bond acceptors (Lipinski definition) is 2. The number of hydrogen-bond donors (Lipinski definition) is 0. The molecule has 2 heteroatoms. The van der Waals surface area contributed by atoms with Crippen molar-refractivity contribution in [1.29, 1.82) is 0 Å². The molecular weight excluding hydrogens is 178 g/mol. The van der Waals surface area contributed by atoms with Crippen LogP contribution in [0.5, 0.6) is 0 Å². The van der Waals surface area contributed by atoms with Crippen LogP contribution in [0.2, 0.25) is 0 Å². The largest absolute Gasteiger partial charge is 0.246 e. The van der Waals surface area contributed by atoms with E-state index in [1.165, 1.54) is 42.8 Å². The van der Waals surface area contributed by atoms with Crippen molar-refractivity contribution in [3.8, 4) is 0 Å². The summed E-state index contributed by atoms with van der Waals surface area (Å²) in [4.78, 5) is 4.67. The molecule has 1 aliphatic rings. The molecule has 1 fully saturated rings. The summed E-state index contributed by atoms with van der Waals surface area (Å²) in [5.41, 5.74) is 1.38. The van der Waals surface area contributed by atoms with Gasteiger partial charge >= 0.3 is 0 Å². The van der Waals surface area contributed by atoms with Gasteiger partial charge in [-0.2, -0.15) is 0 Å². The van der Waals surface area contributed by atoms with Crippen LogP contribution in [0.15, 0.2) is 5.38 Å². The monoisotopic (exact) mass is 195 g/mol. The van der Waals surface area contributed by atoms with Crippen LogP contribution < -0.4 is 0 Å². The number of aryl methyl sites for hydroxylation is 1. The second-order valence-corrected chi connectivity index (χ2v) is 4.80. The van der Waals surface area contributed by atoms with E-state index in [4.69, 9.17) is 0 Å². The third kappa shape index (κ3) is 2.11. The molecule has 2 rings (SSSR count). The molecule has 0 N–H and O–H groups in total. The molecule has 0 aromatic carbocycles. The molecule has 1 aliphatic carbocycles. The Hall–Kier alpha value is -0.370. The fourth-order valence-electron chi connectivity index (χ4n) is 2.07. The summed E-state index contributed by atoms with van der Waals surface area (Å²) in [7, 11) is 0. The maximum atomic E-state index is 4.67. The Morgan fingerprint density at radius 1 is 1.38 bits per heavy atom. The highest BCUT2D eigenvalue weighted by atomic mass is 32.1. The van der Waals surface area contributed by atoms with Gasteiger partial charge in [-0.15, -0.1) is 11.3 Å². The molecule has 0 amide bonds. The second kappa shape index (κ2) is 4.23. The zero-order valence-corrected chi connectivity index (χ0v) is 9.07. The van der Waals surface area contributed by atoms with Gasteiger partial charge < -0.3 is 0 Å². The minimum Gasteiger partial charge on any atom is -0.246 e. The van der Waals surface area contributed by atoms with Gasteiger partial charge in [0, 0.05) is 11.3 Å². The highest BCUT2D eigenvalue weighted by Crippen LogP contribution is 2.32. The fraction of sp³-hybridized carbons (Fsp3) is 0.727. The lowest BCUT2D eigenvalue weighted by molar-refractivity contribution is 0.437. The van der Waals surface area contributed by atoms with Gasteiger partial charge in [-0.1, -0.05) is 26.2 Å². The summed E-state index contributed by atoms with van der Waals surface area (Å²) in [6.45, 7) is 2.18. The van der Waals surface area contributed by atoms with Gasteiger partial charge in [0.25, 0.3) is 0 Å². The third-order valence-electron chi connectivity index (χ3n) is 2.90. The topological polar surface area (TPSA) is 12.9 Å². The van der Waals surface area contributed by atoms with Crippen molar-refractivity contribution in [2.24, 2.45) is 0 Å². The zero-order chi connectivity index (χ0) is 9.10. The van der Waals surface area contributed by atoms with E-state index in [0.29, 0.717) is 0 Å². The van der Waals surface area contributed by atoms with Crippen LogP contribution in [0, 0.1) is 0 Å². The SMILES string of the molecule is CCc1nc(C2CCCCC2)cs1. The van der Waals surface area contributed by atoms with Gasteiger partial charge in [0.05, 0.1) is 10.7 Å². The molecule has 72 valence electrons. The van der Waals surface area contributed by atoms with E-state index in [2.05, 4.69) is 17.3 Å². The molecule has 0 bridgehead atoms. The van der Waals surface area contributed by atoms with Crippen LogP contribution in [0.3, 0.4) is 0 Å². The van der Waals surface area contributed by atoms with E-state index >= 15 is 0 Å². The zero-order valence-electron chi connectivity index (χ0n) is 8.25. The average Bonchev–Trinajstić information content (AvgIpc) is 2.67. The van der Waals surface area contributed by atoms with Crippen LogP contribution in [0.1, 0.15) is 55.6 Å². The first-order chi connectivity index (χ1) is 6.40. The van der Waals surface area contributed by atoms with Crippen molar-refractivity contribution in [3.63, 3.8) is 0 Å². The van der Waals surface area contributed by atoms with E-state index < -0.39 is 0 Å². The van der Waals surface area contributed by atoms with E-state index in [-0.39, 0.29) is 0 Å². The Labute approximate surface area is 84.2 Å². The lowest BCUT2D eigenvalue weighted by atomic mass is 9.87. The Kier molecular flexibility index (Phi) is 2.99. The Balaban J connectivity index is 2.05. The maximum absolute atomic E-state index is 4.67. The predicted octanol–water partition coefficient (Wildman–Crippen LogP) is 3.75. The summed E-state index contributed by atoms with van der Waals surface area (Å²) in [5.74, 6) is 0.783. The Morgan fingerprint density at radius 3 is 2.77 bits per heavy atom. The minimum absolute atomic E-state index is 0.783. The molecule has 0 unspecified atom stereocenters. The van der Waals surface area contributed by atoms with Crippen LogP contribution >= 0.6 is 11.3 Å². The molecule has 0 aliphatic heterocycles. The van der Waals surface area contributed by atoms with Gasteiger partial charge in [-0.25, -0.2) is 4.98 Å². The first-order valence-corrected chi connectivity index (χ1v) is 6.22. The van der Waals surface area contributed by atoms with E-state index in [1.54, 1.807) is 0 Å². The highest BCUT2D eigenvalue weighted by molar-refractivity contribution is 7.09. The standard InChI is InChI=1S/C11H17NS/c1-2-11-12-10(8-13-11)9-6-4-3-5-7-9/h8-9H,2-7H2,1H3. The smallest absolute Gasteiger partial charge is 0.0925 e. The lowest BCUT2D eigenvalue weighted by Gasteiger charge is -2.19. The van der Waals surface area contributed by atoms with E-state index in [9.17, 15) is 0 Å². The summed E-state index contributed by atoms with van der Waals surface area (Å²) >= 11 is 1.83. The van der Waals surface area contributed by atoms with Gasteiger partial charge in [0.2, 0.25) is 0 Å². The van der Waals surface area contributed by atoms with Gasteiger partial charge in [0.15, 0.2) is 0 Å². The van der Waals surface area contributed by atoms with Crippen molar-refractivity contribution in [3.05, 3.63) is 16.1 Å². The van der Waals surface area contributed by atoms with E-state index in [1.807, 2.05) is 11.3 Å². The lowest BCUT2D eigenvalue weighted by Crippen LogP contribution is -2.04. The van der Waals surface area contributed by atoms with Crippen molar-refractivity contribution in [1.82, 2.24) is 4.98 Å². The number of aromatic nitrogens is 1. The molecule has 0 spiro atoms. The minimum atomic E-state index is 0.783. The van der Waals surface area contributed by atoms with Crippen LogP contribution in [-0.4, -0.2) is 4.98 Å². The molecule has 1 aromatic rings. The molecule has 1 heterocycles. The second-order valence-electron chi connectivity index (χ2n) is 3.85. The molecule has 0 atom stereocenters. The predicted molar refractivity (Wildman–Crippen MR) is 57.3 cm³/mol. The molecular formula is C11H17NS. The highest BCUT2D eigenvalue weighted by Gasteiger charge is 2.17. The molecule has 1 aromatic heterocycles. The van der Waals surface area contributed by atoms with Crippen molar-refractivity contribution in [2.75, 3.05) is 0 Å². The first-order valence-electron chi connectivity index (χ1n) is 5.34. The van der Waals surface area contributed by atoms with E-state index in [0.717, 1.165) is 12.3 Å².